The molecule has 0 aromatic carbocycles. The van der Waals surface area contributed by atoms with Crippen molar-refractivity contribution in [2.24, 2.45) is 5.92 Å². The predicted octanol–water partition coefficient (Wildman–Crippen LogP) is 1.48. The molecule has 2 unspecified atom stereocenters. The van der Waals surface area contributed by atoms with Crippen LogP contribution in [0, 0.1) is 5.92 Å². The summed E-state index contributed by atoms with van der Waals surface area (Å²) in [5.74, 6) is 0.456. The Bertz CT molecular complexity index is 328. The summed E-state index contributed by atoms with van der Waals surface area (Å²) < 4.78 is 28.5. The first-order chi connectivity index (χ1) is 7.63. The molecule has 0 aromatic rings. The molecule has 2 aliphatic rings. The number of alkyl halides is 1. The summed E-state index contributed by atoms with van der Waals surface area (Å²) >= 11 is 3.46. The number of rotatable bonds is 4. The van der Waals surface area contributed by atoms with Gasteiger partial charge < -0.3 is 0 Å². The maximum Gasteiger partial charge on any atom is 0.279 e. The molecule has 4 nitrogen and oxygen atoms in total. The monoisotopic (exact) mass is 310 g/mol. The van der Waals surface area contributed by atoms with Crippen molar-refractivity contribution >= 4 is 26.1 Å². The highest BCUT2D eigenvalue weighted by atomic mass is 79.9. The molecule has 1 aliphatic carbocycles. The fraction of sp³-hybridized carbons (Fsp3) is 1.00. The highest BCUT2D eigenvalue weighted by Crippen LogP contribution is 2.28. The summed E-state index contributed by atoms with van der Waals surface area (Å²) in [6.07, 6.45) is 5.21. The van der Waals surface area contributed by atoms with E-state index in [1.54, 1.807) is 4.31 Å². The molecule has 94 valence electrons. The Labute approximate surface area is 106 Å². The molecule has 1 N–H and O–H groups in total. The van der Waals surface area contributed by atoms with E-state index < -0.39 is 10.2 Å². The zero-order valence-corrected chi connectivity index (χ0v) is 11.8. The average molecular weight is 311 g/mol. The van der Waals surface area contributed by atoms with Crippen LogP contribution in [0.15, 0.2) is 0 Å². The van der Waals surface area contributed by atoms with Crippen LogP contribution >= 0.6 is 15.9 Å². The van der Waals surface area contributed by atoms with E-state index in [9.17, 15) is 8.42 Å². The quantitative estimate of drug-likeness (QED) is 0.800. The maximum atomic E-state index is 12.0. The minimum atomic E-state index is -3.22. The lowest BCUT2D eigenvalue weighted by atomic mass is 10.1. The van der Waals surface area contributed by atoms with Crippen molar-refractivity contribution in [1.82, 2.24) is 9.03 Å². The lowest BCUT2D eigenvalue weighted by Crippen LogP contribution is -2.45. The van der Waals surface area contributed by atoms with E-state index in [1.807, 2.05) is 0 Å². The first kappa shape index (κ1) is 12.8. The molecule has 0 amide bonds. The normalized spacial score (nSPS) is 32.3. The maximum absolute atomic E-state index is 12.0. The van der Waals surface area contributed by atoms with Gasteiger partial charge in [0.15, 0.2) is 0 Å². The van der Waals surface area contributed by atoms with Crippen molar-refractivity contribution in [3.8, 4) is 0 Å². The summed E-state index contributed by atoms with van der Waals surface area (Å²) in [4.78, 5) is 0. The van der Waals surface area contributed by atoms with Crippen molar-refractivity contribution in [2.75, 3.05) is 18.4 Å². The van der Waals surface area contributed by atoms with Gasteiger partial charge in [0.1, 0.15) is 0 Å². The first-order valence-corrected chi connectivity index (χ1v) is 8.53. The van der Waals surface area contributed by atoms with Crippen LogP contribution in [0.5, 0.6) is 0 Å². The predicted molar refractivity (Wildman–Crippen MR) is 67.8 cm³/mol. The standard InChI is InChI=1S/C10H19BrN2O2S/c11-8-9-4-3-5-10(9)12-16(14,15)13-6-1-2-7-13/h9-10,12H,1-8H2. The van der Waals surface area contributed by atoms with Crippen LogP contribution in [0.4, 0.5) is 0 Å². The minimum Gasteiger partial charge on any atom is -0.199 e. The molecule has 1 aliphatic heterocycles. The highest BCUT2D eigenvalue weighted by Gasteiger charge is 2.33. The van der Waals surface area contributed by atoms with Crippen LogP contribution in [-0.4, -0.2) is 37.2 Å². The molecule has 0 aromatic heterocycles. The van der Waals surface area contributed by atoms with E-state index >= 15 is 0 Å². The van der Waals surface area contributed by atoms with Crippen molar-refractivity contribution in [2.45, 2.75) is 38.1 Å². The van der Waals surface area contributed by atoms with Crippen LogP contribution in [0.2, 0.25) is 0 Å². The second-order valence-corrected chi connectivity index (χ2v) is 7.03. The van der Waals surface area contributed by atoms with E-state index in [-0.39, 0.29) is 6.04 Å². The van der Waals surface area contributed by atoms with Gasteiger partial charge >= 0.3 is 0 Å². The Balaban J connectivity index is 1.97. The SMILES string of the molecule is O=S(=O)(NC1CCCC1CBr)N1CCCC1. The van der Waals surface area contributed by atoms with E-state index in [1.165, 1.54) is 0 Å². The van der Waals surface area contributed by atoms with Crippen molar-refractivity contribution in [3.05, 3.63) is 0 Å². The molecule has 0 radical (unpaired) electrons. The highest BCUT2D eigenvalue weighted by molar-refractivity contribution is 9.09. The van der Waals surface area contributed by atoms with E-state index in [4.69, 9.17) is 0 Å². The Hall–Kier alpha value is 0.350. The van der Waals surface area contributed by atoms with Crippen molar-refractivity contribution < 1.29 is 8.42 Å². The molecule has 0 bridgehead atoms. The Morgan fingerprint density at radius 1 is 1.19 bits per heavy atom. The molecule has 2 fully saturated rings. The Morgan fingerprint density at radius 2 is 1.88 bits per heavy atom. The third-order valence-electron chi connectivity index (χ3n) is 3.56. The second kappa shape index (κ2) is 5.33. The minimum absolute atomic E-state index is 0.130. The topological polar surface area (TPSA) is 49.4 Å². The van der Waals surface area contributed by atoms with Gasteiger partial charge in [-0.15, -0.1) is 0 Å². The molecule has 2 atom stereocenters. The molecular formula is C10H19BrN2O2S. The molecular weight excluding hydrogens is 292 g/mol. The van der Waals surface area contributed by atoms with Gasteiger partial charge in [-0.25, -0.2) is 0 Å². The average Bonchev–Trinajstić information content (AvgIpc) is 2.86. The van der Waals surface area contributed by atoms with Gasteiger partial charge in [-0.3, -0.25) is 0 Å². The zero-order valence-electron chi connectivity index (χ0n) is 9.36. The lowest BCUT2D eigenvalue weighted by molar-refractivity contribution is 0.430. The Kier molecular flexibility index (Phi) is 4.26. The van der Waals surface area contributed by atoms with Crippen LogP contribution in [0.25, 0.3) is 0 Å². The van der Waals surface area contributed by atoms with Crippen molar-refractivity contribution in [1.29, 1.82) is 0 Å². The zero-order chi connectivity index (χ0) is 11.6. The van der Waals surface area contributed by atoms with E-state index in [0.717, 1.165) is 37.4 Å². The number of hydrogen-bond donors (Lipinski definition) is 1. The third-order valence-corrected chi connectivity index (χ3v) is 6.04. The number of nitrogens with zero attached hydrogens (tertiary/aromatic N) is 1. The molecule has 6 heteroatoms. The number of halogens is 1. The van der Waals surface area contributed by atoms with Crippen LogP contribution in [0.1, 0.15) is 32.1 Å². The van der Waals surface area contributed by atoms with Gasteiger partial charge in [0.05, 0.1) is 0 Å². The number of nitrogens with one attached hydrogen (secondary N) is 1. The fourth-order valence-electron chi connectivity index (χ4n) is 2.57. The van der Waals surface area contributed by atoms with Gasteiger partial charge in [-0.1, -0.05) is 22.4 Å². The second-order valence-electron chi connectivity index (χ2n) is 4.68. The van der Waals surface area contributed by atoms with Crippen molar-refractivity contribution in [3.63, 3.8) is 0 Å². The smallest absolute Gasteiger partial charge is 0.199 e. The molecule has 0 spiro atoms. The van der Waals surface area contributed by atoms with Crippen LogP contribution < -0.4 is 4.72 Å². The van der Waals surface area contributed by atoms with Gasteiger partial charge in [0.25, 0.3) is 10.2 Å². The third kappa shape index (κ3) is 2.78. The summed E-state index contributed by atoms with van der Waals surface area (Å²) in [7, 11) is -3.22. The van der Waals surface area contributed by atoms with Gasteiger partial charge in [0.2, 0.25) is 0 Å². The van der Waals surface area contributed by atoms with Gasteiger partial charge in [-0.05, 0) is 31.6 Å². The summed E-state index contributed by atoms with van der Waals surface area (Å²) in [6, 6.07) is 0.130. The molecule has 2 rings (SSSR count). The summed E-state index contributed by atoms with van der Waals surface area (Å²) in [5.41, 5.74) is 0. The van der Waals surface area contributed by atoms with Crippen LogP contribution in [0.3, 0.4) is 0 Å². The molecule has 1 heterocycles. The molecule has 1 saturated carbocycles. The van der Waals surface area contributed by atoms with E-state index in [0.29, 0.717) is 19.0 Å². The fourth-order valence-corrected chi connectivity index (χ4v) is 4.93. The largest absolute Gasteiger partial charge is 0.279 e. The summed E-state index contributed by atoms with van der Waals surface area (Å²) in [6.45, 7) is 1.36. The van der Waals surface area contributed by atoms with Crippen LogP contribution in [-0.2, 0) is 10.2 Å². The summed E-state index contributed by atoms with van der Waals surface area (Å²) in [5, 5.41) is 0.889. The van der Waals surface area contributed by atoms with Gasteiger partial charge in [-0.2, -0.15) is 17.4 Å². The van der Waals surface area contributed by atoms with Gasteiger partial charge in [0, 0.05) is 24.5 Å². The number of hydrogen-bond acceptors (Lipinski definition) is 2. The van der Waals surface area contributed by atoms with E-state index in [2.05, 4.69) is 20.7 Å². The first-order valence-electron chi connectivity index (χ1n) is 5.97. The Morgan fingerprint density at radius 3 is 2.50 bits per heavy atom. The lowest BCUT2D eigenvalue weighted by Gasteiger charge is -2.23. The molecule has 16 heavy (non-hydrogen) atoms. The molecule has 1 saturated heterocycles.